The van der Waals surface area contributed by atoms with E-state index < -0.39 is 5.97 Å². The molecule has 1 aliphatic carbocycles. The quantitative estimate of drug-likeness (QED) is 0.648. The van der Waals surface area contributed by atoms with E-state index >= 15 is 0 Å². The van der Waals surface area contributed by atoms with Gasteiger partial charge in [0.1, 0.15) is 0 Å². The second-order valence-electron chi connectivity index (χ2n) is 6.70. The van der Waals surface area contributed by atoms with Crippen molar-refractivity contribution in [1.29, 1.82) is 0 Å². The first kappa shape index (κ1) is 16.0. The van der Waals surface area contributed by atoms with Crippen molar-refractivity contribution in [2.24, 2.45) is 0 Å². The summed E-state index contributed by atoms with van der Waals surface area (Å²) in [5.74, 6) is 5.98. The smallest absolute Gasteiger partial charge is 0.335 e. The number of nitrogens with zero attached hydrogens (tertiary/aromatic N) is 1. The van der Waals surface area contributed by atoms with E-state index in [1.165, 1.54) is 18.4 Å². The Bertz CT molecular complexity index is 971. The average Bonchev–Trinajstić information content (AvgIpc) is 3.23. The molecule has 1 fully saturated rings. The molecule has 4 rings (SSSR count). The molecule has 128 valence electrons. The van der Waals surface area contributed by atoms with Gasteiger partial charge in [-0.2, -0.15) is 0 Å². The van der Waals surface area contributed by atoms with Crippen molar-refractivity contribution in [2.45, 2.75) is 31.6 Å². The number of rotatable bonds is 3. The number of carbonyl (C=O) groups is 1. The Kier molecular flexibility index (Phi) is 3.92. The number of halogens is 1. The first-order valence-electron chi connectivity index (χ1n) is 8.48. The molecule has 0 bridgehead atoms. The molecule has 0 amide bonds. The number of benzene rings is 2. The van der Waals surface area contributed by atoms with Crippen molar-refractivity contribution in [1.82, 2.24) is 4.68 Å². The molecule has 3 N–H and O–H groups in total. The van der Waals surface area contributed by atoms with Crippen molar-refractivity contribution in [3.05, 3.63) is 58.6 Å². The van der Waals surface area contributed by atoms with Crippen LogP contribution in [0.1, 0.15) is 47.5 Å². The first-order valence-corrected chi connectivity index (χ1v) is 8.86. The van der Waals surface area contributed by atoms with Gasteiger partial charge in [-0.3, -0.25) is 4.68 Å². The van der Waals surface area contributed by atoms with Crippen molar-refractivity contribution in [2.75, 3.05) is 5.84 Å². The molecule has 0 aliphatic heterocycles. The van der Waals surface area contributed by atoms with E-state index in [1.54, 1.807) is 22.9 Å². The third-order valence-corrected chi connectivity index (χ3v) is 5.34. The third-order valence-electron chi connectivity index (χ3n) is 5.13. The van der Waals surface area contributed by atoms with Gasteiger partial charge in [-0.1, -0.05) is 36.6 Å². The van der Waals surface area contributed by atoms with Crippen LogP contribution in [0.4, 0.5) is 0 Å². The highest BCUT2D eigenvalue weighted by Crippen LogP contribution is 2.40. The topological polar surface area (TPSA) is 68.2 Å². The molecule has 0 unspecified atom stereocenters. The predicted molar refractivity (Wildman–Crippen MR) is 101 cm³/mol. The van der Waals surface area contributed by atoms with Crippen LogP contribution in [-0.4, -0.2) is 15.8 Å². The van der Waals surface area contributed by atoms with Crippen LogP contribution in [0.2, 0.25) is 5.02 Å². The number of aromatic nitrogens is 1. The van der Waals surface area contributed by atoms with Crippen LogP contribution in [-0.2, 0) is 0 Å². The second kappa shape index (κ2) is 6.12. The molecule has 1 heterocycles. The molecule has 0 spiro atoms. The molecule has 5 heteroatoms. The van der Waals surface area contributed by atoms with Crippen LogP contribution < -0.4 is 5.84 Å². The normalized spacial score (nSPS) is 15.1. The minimum Gasteiger partial charge on any atom is -0.478 e. The summed E-state index contributed by atoms with van der Waals surface area (Å²) < 4.78 is 1.68. The lowest BCUT2D eigenvalue weighted by Gasteiger charge is -2.14. The maximum absolute atomic E-state index is 11.3. The van der Waals surface area contributed by atoms with Crippen molar-refractivity contribution >= 4 is 28.5 Å². The third kappa shape index (κ3) is 2.76. The fraction of sp³-hybridized carbons (Fsp3) is 0.250. The molecule has 3 aromatic rings. The summed E-state index contributed by atoms with van der Waals surface area (Å²) in [5, 5.41) is 10.9. The van der Waals surface area contributed by atoms with Gasteiger partial charge in [-0.25, -0.2) is 4.79 Å². The number of hydrogen-bond acceptors (Lipinski definition) is 2. The average molecular weight is 355 g/mol. The number of nitrogen functional groups attached to an aromatic ring is 1. The Labute approximate surface area is 150 Å². The van der Waals surface area contributed by atoms with E-state index in [9.17, 15) is 9.90 Å². The van der Waals surface area contributed by atoms with Gasteiger partial charge in [-0.15, -0.1) is 0 Å². The summed E-state index contributed by atoms with van der Waals surface area (Å²) in [6.45, 7) is 0. The van der Waals surface area contributed by atoms with Gasteiger partial charge in [0.05, 0.1) is 16.8 Å². The molecule has 0 saturated heterocycles. The van der Waals surface area contributed by atoms with Crippen molar-refractivity contribution in [3.63, 3.8) is 0 Å². The van der Waals surface area contributed by atoms with Crippen molar-refractivity contribution in [3.8, 4) is 11.3 Å². The highest BCUT2D eigenvalue weighted by atomic mass is 35.5. The zero-order chi connectivity index (χ0) is 17.6. The maximum Gasteiger partial charge on any atom is 0.335 e. The predicted octanol–water partition coefficient (Wildman–Crippen LogP) is 5.03. The van der Waals surface area contributed by atoms with E-state index in [0.29, 0.717) is 10.9 Å². The molecule has 1 saturated carbocycles. The maximum atomic E-state index is 11.3. The lowest BCUT2D eigenvalue weighted by Crippen LogP contribution is -2.11. The van der Waals surface area contributed by atoms with Gasteiger partial charge in [-0.05, 0) is 54.7 Å². The highest BCUT2D eigenvalue weighted by molar-refractivity contribution is 6.31. The van der Waals surface area contributed by atoms with E-state index in [1.807, 2.05) is 24.3 Å². The lowest BCUT2D eigenvalue weighted by atomic mass is 9.96. The first-order chi connectivity index (χ1) is 12.0. The number of carboxylic acid groups (broad SMARTS) is 1. The Morgan fingerprint density at radius 1 is 1.16 bits per heavy atom. The molecule has 25 heavy (non-hydrogen) atoms. The molecular weight excluding hydrogens is 336 g/mol. The lowest BCUT2D eigenvalue weighted by molar-refractivity contribution is 0.0697. The highest BCUT2D eigenvalue weighted by Gasteiger charge is 2.23. The Hall–Kier alpha value is -2.46. The molecular formula is C20H19ClN2O2. The number of hydrogen-bond donors (Lipinski definition) is 2. The van der Waals surface area contributed by atoms with E-state index in [-0.39, 0.29) is 5.56 Å². The van der Waals surface area contributed by atoms with Gasteiger partial charge < -0.3 is 10.9 Å². The molecule has 1 aliphatic rings. The largest absolute Gasteiger partial charge is 0.478 e. The standard InChI is InChI=1S/C20H19ClN2O2/c21-16-9-15-10-18(13-6-3-7-14(8-13)20(24)25)23(22)19(15)17(11-16)12-4-1-2-5-12/h3,6-12H,1-2,4-5,22H2,(H,24,25). The van der Waals surface area contributed by atoms with Gasteiger partial charge in [0, 0.05) is 16.0 Å². The summed E-state index contributed by atoms with van der Waals surface area (Å²) in [6, 6.07) is 12.8. The fourth-order valence-corrected chi connectivity index (χ4v) is 4.18. The number of nitrogens with two attached hydrogens (primary N) is 1. The summed E-state index contributed by atoms with van der Waals surface area (Å²) in [4.78, 5) is 11.3. The van der Waals surface area contributed by atoms with Crippen LogP contribution in [0.25, 0.3) is 22.2 Å². The van der Waals surface area contributed by atoms with Crippen LogP contribution in [0.15, 0.2) is 42.5 Å². The van der Waals surface area contributed by atoms with Gasteiger partial charge >= 0.3 is 5.97 Å². The van der Waals surface area contributed by atoms with Crippen molar-refractivity contribution < 1.29 is 9.90 Å². The van der Waals surface area contributed by atoms with Crippen LogP contribution >= 0.6 is 11.6 Å². The molecule has 0 radical (unpaired) electrons. The Morgan fingerprint density at radius 3 is 2.64 bits per heavy atom. The SMILES string of the molecule is Nn1c(-c2cccc(C(=O)O)c2)cc2cc(Cl)cc(C3CCCC3)c21. The molecule has 2 aromatic carbocycles. The minimum absolute atomic E-state index is 0.247. The molecule has 4 nitrogen and oxygen atoms in total. The van der Waals surface area contributed by atoms with Gasteiger partial charge in [0.15, 0.2) is 0 Å². The number of carboxylic acids is 1. The van der Waals surface area contributed by atoms with Crippen LogP contribution in [0, 0.1) is 0 Å². The summed E-state index contributed by atoms with van der Waals surface area (Å²) >= 11 is 6.35. The number of fused-ring (bicyclic) bond motifs is 1. The summed E-state index contributed by atoms with van der Waals surface area (Å²) in [6.07, 6.45) is 4.78. The monoisotopic (exact) mass is 354 g/mol. The molecule has 1 aromatic heterocycles. The summed E-state index contributed by atoms with van der Waals surface area (Å²) in [7, 11) is 0. The van der Waals surface area contributed by atoms with Crippen LogP contribution in [0.5, 0.6) is 0 Å². The van der Waals surface area contributed by atoms with Crippen LogP contribution in [0.3, 0.4) is 0 Å². The molecule has 0 atom stereocenters. The van der Waals surface area contributed by atoms with Gasteiger partial charge in [0.2, 0.25) is 0 Å². The Morgan fingerprint density at radius 2 is 1.92 bits per heavy atom. The minimum atomic E-state index is -0.948. The van der Waals surface area contributed by atoms with E-state index in [4.69, 9.17) is 17.4 Å². The fourth-order valence-electron chi connectivity index (χ4n) is 3.95. The van der Waals surface area contributed by atoms with E-state index in [2.05, 4.69) is 0 Å². The second-order valence-corrected chi connectivity index (χ2v) is 7.14. The summed E-state index contributed by atoms with van der Waals surface area (Å²) in [5.41, 5.74) is 4.01. The number of aromatic carboxylic acids is 1. The van der Waals surface area contributed by atoms with Gasteiger partial charge in [0.25, 0.3) is 0 Å². The zero-order valence-electron chi connectivity index (χ0n) is 13.7. The zero-order valence-corrected chi connectivity index (χ0v) is 14.5. The van der Waals surface area contributed by atoms with E-state index in [0.717, 1.165) is 35.0 Å². The Balaban J connectivity index is 1.92.